The zero-order valence-electron chi connectivity index (χ0n) is 10.1. The lowest BCUT2D eigenvalue weighted by Gasteiger charge is -2.34. The van der Waals surface area contributed by atoms with Gasteiger partial charge in [-0.2, -0.15) is 0 Å². The largest absolute Gasteiger partial charge is 0.507 e. The topological polar surface area (TPSA) is 60.8 Å². The van der Waals surface area contributed by atoms with Gasteiger partial charge in [-0.3, -0.25) is 4.79 Å². The van der Waals surface area contributed by atoms with E-state index < -0.39 is 0 Å². The normalized spacial score (nSPS) is 22.3. The summed E-state index contributed by atoms with van der Waals surface area (Å²) in [6.45, 7) is 0.593. The number of carbonyl (C=O) groups excluding carboxylic acids is 1. The summed E-state index contributed by atoms with van der Waals surface area (Å²) in [6, 6.07) is 4.27. The second kappa shape index (κ2) is 5.06. The SMILES string of the molecule is CN(CC1CC(Cl)C1)C(=O)c1c(O)cccc1O. The summed E-state index contributed by atoms with van der Waals surface area (Å²) in [7, 11) is 1.66. The second-order valence-electron chi connectivity index (χ2n) is 4.79. The maximum atomic E-state index is 12.1. The van der Waals surface area contributed by atoms with Crippen LogP contribution in [0.5, 0.6) is 11.5 Å². The highest BCUT2D eigenvalue weighted by molar-refractivity contribution is 6.21. The van der Waals surface area contributed by atoms with Crippen LogP contribution >= 0.6 is 11.6 Å². The van der Waals surface area contributed by atoms with Gasteiger partial charge in [0.05, 0.1) is 0 Å². The Morgan fingerprint density at radius 3 is 2.44 bits per heavy atom. The molecule has 1 amide bonds. The number of halogens is 1. The van der Waals surface area contributed by atoms with E-state index in [0.29, 0.717) is 12.5 Å². The lowest BCUT2D eigenvalue weighted by Crippen LogP contribution is -2.37. The fraction of sp³-hybridized carbons (Fsp3) is 0.462. The number of phenols is 2. The Kier molecular flexibility index (Phi) is 3.66. The first-order valence-electron chi connectivity index (χ1n) is 5.89. The molecule has 1 aromatic carbocycles. The van der Waals surface area contributed by atoms with Gasteiger partial charge in [-0.1, -0.05) is 6.07 Å². The van der Waals surface area contributed by atoms with Crippen LogP contribution in [0.1, 0.15) is 23.2 Å². The first kappa shape index (κ1) is 13.0. The molecule has 2 N–H and O–H groups in total. The Morgan fingerprint density at radius 2 is 1.94 bits per heavy atom. The molecule has 1 aromatic rings. The van der Waals surface area contributed by atoms with Crippen molar-refractivity contribution in [2.24, 2.45) is 5.92 Å². The van der Waals surface area contributed by atoms with Crippen molar-refractivity contribution in [3.63, 3.8) is 0 Å². The second-order valence-corrected chi connectivity index (χ2v) is 5.41. The predicted molar refractivity (Wildman–Crippen MR) is 69.1 cm³/mol. The average Bonchev–Trinajstić information content (AvgIpc) is 2.26. The van der Waals surface area contributed by atoms with E-state index >= 15 is 0 Å². The predicted octanol–water partition coefficient (Wildman–Crippen LogP) is 2.19. The number of alkyl halides is 1. The fourth-order valence-corrected chi connectivity index (χ4v) is 2.72. The summed E-state index contributed by atoms with van der Waals surface area (Å²) in [5.41, 5.74) is -0.0400. The van der Waals surface area contributed by atoms with Crippen molar-refractivity contribution in [2.75, 3.05) is 13.6 Å². The molecule has 0 saturated heterocycles. The van der Waals surface area contributed by atoms with Crippen LogP contribution < -0.4 is 0 Å². The Hall–Kier alpha value is -1.42. The highest BCUT2D eigenvalue weighted by Crippen LogP contribution is 2.33. The van der Waals surface area contributed by atoms with E-state index in [2.05, 4.69) is 0 Å². The molecule has 0 aliphatic heterocycles. The van der Waals surface area contributed by atoms with Gasteiger partial charge in [0.25, 0.3) is 5.91 Å². The van der Waals surface area contributed by atoms with Gasteiger partial charge in [-0.25, -0.2) is 0 Å². The maximum Gasteiger partial charge on any atom is 0.261 e. The number of nitrogens with zero attached hydrogens (tertiary/aromatic N) is 1. The van der Waals surface area contributed by atoms with Crippen molar-refractivity contribution >= 4 is 17.5 Å². The minimum atomic E-state index is -0.372. The molecule has 1 saturated carbocycles. The molecule has 98 valence electrons. The lowest BCUT2D eigenvalue weighted by molar-refractivity contribution is 0.0740. The molecule has 0 atom stereocenters. The van der Waals surface area contributed by atoms with E-state index in [4.69, 9.17) is 11.6 Å². The maximum absolute atomic E-state index is 12.1. The van der Waals surface area contributed by atoms with Gasteiger partial charge < -0.3 is 15.1 Å². The number of hydrogen-bond donors (Lipinski definition) is 2. The smallest absolute Gasteiger partial charge is 0.261 e. The average molecular weight is 270 g/mol. The number of phenolic OH excluding ortho intramolecular Hbond substituents is 2. The Labute approximate surface area is 111 Å². The summed E-state index contributed by atoms with van der Waals surface area (Å²) >= 11 is 5.89. The number of rotatable bonds is 3. The number of carbonyl (C=O) groups is 1. The molecule has 0 radical (unpaired) electrons. The summed E-state index contributed by atoms with van der Waals surface area (Å²) in [4.78, 5) is 13.6. The molecule has 0 aromatic heterocycles. The number of amides is 1. The van der Waals surface area contributed by atoms with Crippen LogP contribution in [0.3, 0.4) is 0 Å². The number of benzene rings is 1. The van der Waals surface area contributed by atoms with Gasteiger partial charge >= 0.3 is 0 Å². The molecule has 5 heteroatoms. The van der Waals surface area contributed by atoms with Gasteiger partial charge in [-0.15, -0.1) is 11.6 Å². The monoisotopic (exact) mass is 269 g/mol. The van der Waals surface area contributed by atoms with Crippen molar-refractivity contribution in [2.45, 2.75) is 18.2 Å². The van der Waals surface area contributed by atoms with E-state index in [1.165, 1.54) is 23.1 Å². The van der Waals surface area contributed by atoms with Gasteiger partial charge in [0.15, 0.2) is 0 Å². The standard InChI is InChI=1S/C13H16ClNO3/c1-15(7-8-5-9(14)6-8)13(18)12-10(16)3-2-4-11(12)17/h2-4,8-9,16-17H,5-7H2,1H3. The van der Waals surface area contributed by atoms with Crippen molar-refractivity contribution in [3.05, 3.63) is 23.8 Å². The zero-order valence-corrected chi connectivity index (χ0v) is 10.9. The molecule has 1 fully saturated rings. The Morgan fingerprint density at radius 1 is 1.39 bits per heavy atom. The molecule has 0 unspecified atom stereocenters. The van der Waals surface area contributed by atoms with E-state index in [0.717, 1.165) is 12.8 Å². The van der Waals surface area contributed by atoms with Crippen LogP contribution in [0.25, 0.3) is 0 Å². The van der Waals surface area contributed by atoms with Crippen molar-refractivity contribution in [1.29, 1.82) is 0 Å². The summed E-state index contributed by atoms with van der Waals surface area (Å²) in [6.07, 6.45) is 1.82. The van der Waals surface area contributed by atoms with Gasteiger partial charge in [0.1, 0.15) is 17.1 Å². The van der Waals surface area contributed by atoms with Crippen LogP contribution in [0.2, 0.25) is 0 Å². The fourth-order valence-electron chi connectivity index (χ4n) is 2.21. The van der Waals surface area contributed by atoms with Crippen LogP contribution in [0.15, 0.2) is 18.2 Å². The first-order chi connectivity index (χ1) is 8.49. The molecule has 2 rings (SSSR count). The zero-order chi connectivity index (χ0) is 13.3. The summed E-state index contributed by atoms with van der Waals surface area (Å²) in [5, 5.41) is 19.5. The van der Waals surface area contributed by atoms with Gasteiger partial charge in [0, 0.05) is 19.0 Å². The van der Waals surface area contributed by atoms with E-state index in [9.17, 15) is 15.0 Å². The first-order valence-corrected chi connectivity index (χ1v) is 6.33. The summed E-state index contributed by atoms with van der Waals surface area (Å²) < 4.78 is 0. The van der Waals surface area contributed by atoms with Crippen LogP contribution in [-0.4, -0.2) is 40.0 Å². The number of aromatic hydroxyl groups is 2. The Balaban J connectivity index is 2.06. The molecule has 0 bridgehead atoms. The van der Waals surface area contributed by atoms with Crippen LogP contribution in [0.4, 0.5) is 0 Å². The molecule has 1 aliphatic carbocycles. The molecule has 1 aliphatic rings. The van der Waals surface area contributed by atoms with E-state index in [-0.39, 0.29) is 28.3 Å². The minimum absolute atomic E-state index is 0.0400. The highest BCUT2D eigenvalue weighted by Gasteiger charge is 2.30. The van der Waals surface area contributed by atoms with Gasteiger partial charge in [-0.05, 0) is 30.9 Å². The molecule has 4 nitrogen and oxygen atoms in total. The van der Waals surface area contributed by atoms with E-state index in [1.54, 1.807) is 7.05 Å². The van der Waals surface area contributed by atoms with Gasteiger partial charge in [0.2, 0.25) is 0 Å². The molecular weight excluding hydrogens is 254 g/mol. The minimum Gasteiger partial charge on any atom is -0.507 e. The third kappa shape index (κ3) is 2.53. The molecular formula is C13H16ClNO3. The van der Waals surface area contributed by atoms with Crippen molar-refractivity contribution < 1.29 is 15.0 Å². The van der Waals surface area contributed by atoms with Crippen LogP contribution in [0, 0.1) is 5.92 Å². The van der Waals surface area contributed by atoms with E-state index in [1.807, 2.05) is 0 Å². The van der Waals surface area contributed by atoms with Crippen LogP contribution in [-0.2, 0) is 0 Å². The molecule has 18 heavy (non-hydrogen) atoms. The quantitative estimate of drug-likeness (QED) is 0.827. The molecule has 0 heterocycles. The van der Waals surface area contributed by atoms with Crippen molar-refractivity contribution in [3.8, 4) is 11.5 Å². The lowest BCUT2D eigenvalue weighted by atomic mass is 9.84. The van der Waals surface area contributed by atoms with Crippen molar-refractivity contribution in [1.82, 2.24) is 4.90 Å². The molecule has 0 spiro atoms. The highest BCUT2D eigenvalue weighted by atomic mass is 35.5. The summed E-state index contributed by atoms with van der Waals surface area (Å²) in [5.74, 6) is -0.357. The third-order valence-corrected chi connectivity index (χ3v) is 3.65. The Bertz CT molecular complexity index is 437. The third-order valence-electron chi connectivity index (χ3n) is 3.29. The number of hydrogen-bond acceptors (Lipinski definition) is 3.